The van der Waals surface area contributed by atoms with Crippen molar-refractivity contribution in [2.75, 3.05) is 37.6 Å². The molecular formula is C21H26N2O4S. The molecule has 2 aromatic carbocycles. The maximum absolute atomic E-state index is 11.9. The van der Waals surface area contributed by atoms with Crippen molar-refractivity contribution in [3.63, 3.8) is 0 Å². The first kappa shape index (κ1) is 21.6. The van der Waals surface area contributed by atoms with E-state index in [0.29, 0.717) is 24.5 Å². The highest BCUT2D eigenvalue weighted by atomic mass is 32.2. The van der Waals surface area contributed by atoms with E-state index in [-0.39, 0.29) is 23.3 Å². The largest absolute Gasteiger partial charge is 0.493 e. The molecule has 0 heterocycles. The minimum atomic E-state index is -0.119. The summed E-state index contributed by atoms with van der Waals surface area (Å²) in [6.07, 6.45) is 0.685. The van der Waals surface area contributed by atoms with Gasteiger partial charge in [-0.1, -0.05) is 23.8 Å². The van der Waals surface area contributed by atoms with Crippen molar-refractivity contribution in [1.82, 2.24) is 5.32 Å². The Bertz CT molecular complexity index is 793. The lowest BCUT2D eigenvalue weighted by Crippen LogP contribution is -2.28. The molecule has 150 valence electrons. The normalized spacial score (nSPS) is 10.2. The summed E-state index contributed by atoms with van der Waals surface area (Å²) < 4.78 is 10.5. The third kappa shape index (κ3) is 7.15. The summed E-state index contributed by atoms with van der Waals surface area (Å²) in [7, 11) is 3.19. The van der Waals surface area contributed by atoms with Crippen LogP contribution in [0.5, 0.6) is 11.5 Å². The fraction of sp³-hybridized carbons (Fsp3) is 0.333. The predicted octanol–water partition coefficient (Wildman–Crippen LogP) is 3.04. The minimum Gasteiger partial charge on any atom is -0.493 e. The molecule has 6 nitrogen and oxygen atoms in total. The van der Waals surface area contributed by atoms with Crippen LogP contribution in [0.15, 0.2) is 42.5 Å². The van der Waals surface area contributed by atoms with Crippen LogP contribution in [0.4, 0.5) is 5.69 Å². The Labute approximate surface area is 170 Å². The molecule has 0 saturated heterocycles. The Morgan fingerprint density at radius 1 is 0.929 bits per heavy atom. The molecule has 0 fully saturated rings. The molecule has 0 bridgehead atoms. The van der Waals surface area contributed by atoms with Gasteiger partial charge in [0.15, 0.2) is 11.5 Å². The lowest BCUT2D eigenvalue weighted by molar-refractivity contribution is -0.118. The number of carbonyl (C=O) groups excluding carboxylic acids is 2. The van der Waals surface area contributed by atoms with E-state index in [1.807, 2.05) is 49.4 Å². The Hall–Kier alpha value is -2.67. The van der Waals surface area contributed by atoms with E-state index in [1.165, 1.54) is 11.8 Å². The number of hydrogen-bond acceptors (Lipinski definition) is 5. The van der Waals surface area contributed by atoms with Crippen molar-refractivity contribution in [2.24, 2.45) is 0 Å². The molecule has 7 heteroatoms. The van der Waals surface area contributed by atoms with Crippen molar-refractivity contribution in [1.29, 1.82) is 0 Å². The van der Waals surface area contributed by atoms with E-state index in [4.69, 9.17) is 9.47 Å². The lowest BCUT2D eigenvalue weighted by Gasteiger charge is -2.10. The zero-order chi connectivity index (χ0) is 20.4. The van der Waals surface area contributed by atoms with Gasteiger partial charge >= 0.3 is 0 Å². The van der Waals surface area contributed by atoms with Crippen LogP contribution in [-0.2, 0) is 16.0 Å². The third-order valence-electron chi connectivity index (χ3n) is 3.99. The average molecular weight is 403 g/mol. The Kier molecular flexibility index (Phi) is 8.68. The number of nitrogens with one attached hydrogen (secondary N) is 2. The highest BCUT2D eigenvalue weighted by Gasteiger charge is 2.07. The fourth-order valence-corrected chi connectivity index (χ4v) is 3.15. The predicted molar refractivity (Wildman–Crippen MR) is 113 cm³/mol. The van der Waals surface area contributed by atoms with Gasteiger partial charge in [0, 0.05) is 12.2 Å². The van der Waals surface area contributed by atoms with Crippen LogP contribution in [0.25, 0.3) is 0 Å². The number of methoxy groups -OCH3 is 2. The highest BCUT2D eigenvalue weighted by Crippen LogP contribution is 2.27. The molecule has 0 aromatic heterocycles. The van der Waals surface area contributed by atoms with Crippen LogP contribution in [0.3, 0.4) is 0 Å². The van der Waals surface area contributed by atoms with E-state index in [1.54, 1.807) is 14.2 Å². The molecule has 0 aliphatic carbocycles. The summed E-state index contributed by atoms with van der Waals surface area (Å²) in [4.78, 5) is 23.8. The van der Waals surface area contributed by atoms with Gasteiger partial charge in [-0.25, -0.2) is 0 Å². The summed E-state index contributed by atoms with van der Waals surface area (Å²) in [6.45, 7) is 2.51. The summed E-state index contributed by atoms with van der Waals surface area (Å²) in [5.74, 6) is 1.61. The Balaban J connectivity index is 1.64. The number of hydrogen-bond donors (Lipinski definition) is 2. The second-order valence-corrected chi connectivity index (χ2v) is 7.18. The molecule has 0 aliphatic heterocycles. The first-order valence-corrected chi connectivity index (χ1v) is 10.1. The van der Waals surface area contributed by atoms with Crippen LogP contribution < -0.4 is 20.1 Å². The Morgan fingerprint density at radius 3 is 2.29 bits per heavy atom. The van der Waals surface area contributed by atoms with Crippen LogP contribution in [0.1, 0.15) is 11.1 Å². The molecule has 0 radical (unpaired) electrons. The van der Waals surface area contributed by atoms with Crippen LogP contribution in [0, 0.1) is 6.92 Å². The van der Waals surface area contributed by atoms with E-state index in [2.05, 4.69) is 10.6 Å². The molecule has 0 atom stereocenters. The van der Waals surface area contributed by atoms with Gasteiger partial charge in [-0.2, -0.15) is 0 Å². The SMILES string of the molecule is COc1ccc(CCNC(=O)CSCC(=O)Nc2ccc(C)cc2)cc1OC. The molecule has 0 aliphatic rings. The highest BCUT2D eigenvalue weighted by molar-refractivity contribution is 8.00. The van der Waals surface area contributed by atoms with Gasteiger partial charge in [0.05, 0.1) is 25.7 Å². The van der Waals surface area contributed by atoms with Crippen LogP contribution in [0.2, 0.25) is 0 Å². The standard InChI is InChI=1S/C21H26N2O4S/c1-15-4-7-17(8-5-15)23-21(25)14-28-13-20(24)22-11-10-16-6-9-18(26-2)19(12-16)27-3/h4-9,12H,10-11,13-14H2,1-3H3,(H,22,24)(H,23,25). The Morgan fingerprint density at radius 2 is 1.61 bits per heavy atom. The van der Waals surface area contributed by atoms with E-state index < -0.39 is 0 Å². The van der Waals surface area contributed by atoms with Gasteiger partial charge < -0.3 is 20.1 Å². The van der Waals surface area contributed by atoms with Crippen LogP contribution >= 0.6 is 11.8 Å². The van der Waals surface area contributed by atoms with Gasteiger partial charge in [-0.3, -0.25) is 9.59 Å². The van der Waals surface area contributed by atoms with E-state index >= 15 is 0 Å². The number of anilines is 1. The lowest BCUT2D eigenvalue weighted by atomic mass is 10.1. The number of carbonyl (C=O) groups is 2. The number of rotatable bonds is 10. The average Bonchev–Trinajstić information content (AvgIpc) is 2.69. The van der Waals surface area contributed by atoms with Gasteiger partial charge in [0.2, 0.25) is 11.8 Å². The number of aryl methyl sites for hydroxylation is 1. The van der Waals surface area contributed by atoms with Crippen molar-refractivity contribution in [3.05, 3.63) is 53.6 Å². The van der Waals surface area contributed by atoms with Crippen LogP contribution in [-0.4, -0.2) is 44.1 Å². The molecular weight excluding hydrogens is 376 g/mol. The number of ether oxygens (including phenoxy) is 2. The minimum absolute atomic E-state index is 0.0892. The van der Waals surface area contributed by atoms with Crippen molar-refractivity contribution in [3.8, 4) is 11.5 Å². The van der Waals surface area contributed by atoms with Gasteiger partial charge in [-0.15, -0.1) is 11.8 Å². The summed E-state index contributed by atoms with van der Waals surface area (Å²) in [5.41, 5.74) is 2.94. The molecule has 28 heavy (non-hydrogen) atoms. The summed E-state index contributed by atoms with van der Waals surface area (Å²) in [6, 6.07) is 13.3. The summed E-state index contributed by atoms with van der Waals surface area (Å²) in [5, 5.41) is 5.68. The quantitative estimate of drug-likeness (QED) is 0.639. The second kappa shape index (κ2) is 11.2. The number of benzene rings is 2. The fourth-order valence-electron chi connectivity index (χ4n) is 2.50. The summed E-state index contributed by atoms with van der Waals surface area (Å²) >= 11 is 1.29. The molecule has 0 spiro atoms. The smallest absolute Gasteiger partial charge is 0.234 e. The molecule has 0 saturated carbocycles. The molecule has 2 rings (SSSR count). The van der Waals surface area contributed by atoms with Gasteiger partial charge in [-0.05, 0) is 43.2 Å². The van der Waals surface area contributed by atoms with Crippen molar-refractivity contribution in [2.45, 2.75) is 13.3 Å². The first-order chi connectivity index (χ1) is 13.5. The third-order valence-corrected chi connectivity index (χ3v) is 4.92. The van der Waals surface area contributed by atoms with E-state index in [0.717, 1.165) is 16.8 Å². The van der Waals surface area contributed by atoms with Crippen molar-refractivity contribution < 1.29 is 19.1 Å². The zero-order valence-electron chi connectivity index (χ0n) is 16.4. The molecule has 2 amide bonds. The van der Waals surface area contributed by atoms with Gasteiger partial charge in [0.1, 0.15) is 0 Å². The zero-order valence-corrected chi connectivity index (χ0v) is 17.2. The maximum Gasteiger partial charge on any atom is 0.234 e. The first-order valence-electron chi connectivity index (χ1n) is 8.93. The maximum atomic E-state index is 11.9. The number of thioether (sulfide) groups is 1. The second-order valence-electron chi connectivity index (χ2n) is 6.20. The monoisotopic (exact) mass is 402 g/mol. The van der Waals surface area contributed by atoms with Crippen molar-refractivity contribution >= 4 is 29.3 Å². The molecule has 2 N–H and O–H groups in total. The van der Waals surface area contributed by atoms with E-state index in [9.17, 15) is 9.59 Å². The number of amides is 2. The van der Waals surface area contributed by atoms with Gasteiger partial charge in [0.25, 0.3) is 0 Å². The molecule has 2 aromatic rings. The topological polar surface area (TPSA) is 76.7 Å². The molecule has 0 unspecified atom stereocenters.